The summed E-state index contributed by atoms with van der Waals surface area (Å²) in [6.07, 6.45) is 0. The van der Waals surface area contributed by atoms with E-state index in [1.807, 2.05) is 17.5 Å². The highest BCUT2D eigenvalue weighted by Crippen LogP contribution is 2.26. The average molecular weight is 403 g/mol. The van der Waals surface area contributed by atoms with E-state index in [1.165, 1.54) is 29.4 Å². The van der Waals surface area contributed by atoms with E-state index < -0.39 is 5.56 Å². The van der Waals surface area contributed by atoms with Crippen LogP contribution in [0.1, 0.15) is 16.8 Å². The standard InChI is InChI=1S/C17H18N6O2S2/c1-9-4-5-12(6-10(9)2)13-7-26-16(19-13)20-14(24)8-27-17-22-21-11(3)15(25)23(17)18/h4-7H,8,18H2,1-3H3,(H,19,20,24). The van der Waals surface area contributed by atoms with E-state index in [1.54, 1.807) is 0 Å². The molecule has 1 amide bonds. The second kappa shape index (κ2) is 7.89. The molecule has 0 saturated heterocycles. The largest absolute Gasteiger partial charge is 0.334 e. The van der Waals surface area contributed by atoms with Crippen LogP contribution in [0.5, 0.6) is 0 Å². The highest BCUT2D eigenvalue weighted by Gasteiger charge is 2.12. The van der Waals surface area contributed by atoms with Crippen molar-refractivity contribution >= 4 is 34.1 Å². The lowest BCUT2D eigenvalue weighted by Gasteiger charge is -2.05. The zero-order valence-corrected chi connectivity index (χ0v) is 16.6. The molecule has 0 atom stereocenters. The maximum Gasteiger partial charge on any atom is 0.294 e. The Morgan fingerprint density at radius 3 is 2.78 bits per heavy atom. The summed E-state index contributed by atoms with van der Waals surface area (Å²) in [6, 6.07) is 6.13. The van der Waals surface area contributed by atoms with Crippen molar-refractivity contribution in [3.63, 3.8) is 0 Å². The van der Waals surface area contributed by atoms with Gasteiger partial charge in [-0.25, -0.2) is 4.98 Å². The number of aromatic nitrogens is 4. The molecule has 3 N–H and O–H groups in total. The number of nitrogens with one attached hydrogen (secondary N) is 1. The topological polar surface area (TPSA) is 116 Å². The number of nitrogen functional groups attached to an aromatic ring is 1. The fourth-order valence-electron chi connectivity index (χ4n) is 2.22. The number of benzene rings is 1. The molecule has 8 nitrogen and oxygen atoms in total. The molecule has 0 radical (unpaired) electrons. The van der Waals surface area contributed by atoms with Gasteiger partial charge in [0.25, 0.3) is 5.56 Å². The first-order valence-electron chi connectivity index (χ1n) is 8.02. The SMILES string of the molecule is Cc1ccc(-c2csc(NC(=O)CSc3nnc(C)c(=O)n3N)n2)cc1C. The molecule has 0 aliphatic carbocycles. The average Bonchev–Trinajstić information content (AvgIpc) is 3.10. The summed E-state index contributed by atoms with van der Waals surface area (Å²) >= 11 is 2.38. The maximum atomic E-state index is 12.2. The third-order valence-corrected chi connectivity index (χ3v) is 5.61. The van der Waals surface area contributed by atoms with E-state index >= 15 is 0 Å². The molecule has 10 heteroatoms. The van der Waals surface area contributed by atoms with Crippen LogP contribution in [0, 0.1) is 20.8 Å². The van der Waals surface area contributed by atoms with Crippen LogP contribution in [-0.2, 0) is 4.79 Å². The Hall–Kier alpha value is -2.72. The molecule has 3 aromatic rings. The number of nitrogens with zero attached hydrogens (tertiary/aromatic N) is 4. The number of hydrogen-bond acceptors (Lipinski definition) is 8. The summed E-state index contributed by atoms with van der Waals surface area (Å²) in [5.74, 6) is 5.42. The minimum atomic E-state index is -0.439. The second-order valence-corrected chi connectivity index (χ2v) is 7.72. The van der Waals surface area contributed by atoms with E-state index in [4.69, 9.17) is 5.84 Å². The lowest BCUT2D eigenvalue weighted by atomic mass is 10.1. The van der Waals surface area contributed by atoms with Gasteiger partial charge in [-0.3, -0.25) is 9.59 Å². The van der Waals surface area contributed by atoms with Gasteiger partial charge in [0.05, 0.1) is 11.4 Å². The highest BCUT2D eigenvalue weighted by molar-refractivity contribution is 7.99. The van der Waals surface area contributed by atoms with Crippen LogP contribution >= 0.6 is 23.1 Å². The van der Waals surface area contributed by atoms with Gasteiger partial charge < -0.3 is 11.2 Å². The summed E-state index contributed by atoms with van der Waals surface area (Å²) in [4.78, 5) is 28.3. The van der Waals surface area contributed by atoms with Crippen LogP contribution in [0.4, 0.5) is 5.13 Å². The van der Waals surface area contributed by atoms with Crippen molar-refractivity contribution in [1.82, 2.24) is 19.9 Å². The highest BCUT2D eigenvalue weighted by atomic mass is 32.2. The molecule has 0 saturated carbocycles. The zero-order valence-electron chi connectivity index (χ0n) is 15.0. The lowest BCUT2D eigenvalue weighted by Crippen LogP contribution is -2.32. The predicted octanol–water partition coefficient (Wildman–Crippen LogP) is 2.13. The van der Waals surface area contributed by atoms with Crippen molar-refractivity contribution in [2.24, 2.45) is 0 Å². The van der Waals surface area contributed by atoms with E-state index in [-0.39, 0.29) is 22.5 Å². The molecule has 0 bridgehead atoms. The van der Waals surface area contributed by atoms with Gasteiger partial charge in [-0.2, -0.15) is 4.68 Å². The third kappa shape index (κ3) is 4.34. The van der Waals surface area contributed by atoms with Crippen LogP contribution in [0.3, 0.4) is 0 Å². The van der Waals surface area contributed by atoms with Gasteiger partial charge in [-0.15, -0.1) is 21.5 Å². The van der Waals surface area contributed by atoms with Gasteiger partial charge in [-0.05, 0) is 38.0 Å². The number of anilines is 1. The molecule has 0 fully saturated rings. The van der Waals surface area contributed by atoms with Crippen molar-refractivity contribution in [2.45, 2.75) is 25.9 Å². The fourth-order valence-corrected chi connectivity index (χ4v) is 3.61. The number of hydrogen-bond donors (Lipinski definition) is 2. The Kier molecular flexibility index (Phi) is 5.57. The number of thiazole rings is 1. The zero-order chi connectivity index (χ0) is 19.6. The first kappa shape index (κ1) is 19.1. The van der Waals surface area contributed by atoms with Gasteiger partial charge in [0.2, 0.25) is 11.1 Å². The smallest absolute Gasteiger partial charge is 0.294 e. The minimum absolute atomic E-state index is 0.0347. The Balaban J connectivity index is 1.63. The number of nitrogens with two attached hydrogens (primary N) is 1. The summed E-state index contributed by atoms with van der Waals surface area (Å²) in [5, 5.41) is 12.9. The molecule has 0 unspecified atom stereocenters. The minimum Gasteiger partial charge on any atom is -0.334 e. The van der Waals surface area contributed by atoms with Crippen LogP contribution in [0.2, 0.25) is 0 Å². The second-order valence-electron chi connectivity index (χ2n) is 5.92. The normalized spacial score (nSPS) is 10.8. The summed E-state index contributed by atoms with van der Waals surface area (Å²) < 4.78 is 0.890. The molecule has 3 rings (SSSR count). The van der Waals surface area contributed by atoms with Gasteiger partial charge in [-0.1, -0.05) is 23.9 Å². The molecule has 0 spiro atoms. The molecule has 0 aliphatic rings. The van der Waals surface area contributed by atoms with Gasteiger partial charge in [0, 0.05) is 10.9 Å². The Bertz CT molecular complexity index is 1060. The molecule has 2 heterocycles. The Labute approximate surface area is 163 Å². The van der Waals surface area contributed by atoms with Crippen molar-refractivity contribution < 1.29 is 4.79 Å². The lowest BCUT2D eigenvalue weighted by molar-refractivity contribution is -0.113. The Morgan fingerprint density at radius 2 is 2.04 bits per heavy atom. The molecular formula is C17H18N6O2S2. The number of rotatable bonds is 5. The summed E-state index contributed by atoms with van der Waals surface area (Å²) in [7, 11) is 0. The molecule has 1 aromatic carbocycles. The van der Waals surface area contributed by atoms with Gasteiger partial charge >= 0.3 is 0 Å². The van der Waals surface area contributed by atoms with Gasteiger partial charge in [0.1, 0.15) is 5.69 Å². The molecule has 2 aromatic heterocycles. The van der Waals surface area contributed by atoms with Crippen molar-refractivity contribution in [3.05, 3.63) is 50.8 Å². The van der Waals surface area contributed by atoms with E-state index in [2.05, 4.69) is 40.4 Å². The maximum absolute atomic E-state index is 12.2. The van der Waals surface area contributed by atoms with Crippen LogP contribution in [-0.4, -0.2) is 31.5 Å². The third-order valence-electron chi connectivity index (χ3n) is 3.91. The van der Waals surface area contributed by atoms with Crippen molar-refractivity contribution in [1.29, 1.82) is 0 Å². The molecular weight excluding hydrogens is 384 g/mol. The quantitative estimate of drug-likeness (QED) is 0.496. The molecule has 0 aliphatic heterocycles. The number of aryl methyl sites for hydroxylation is 3. The number of thioether (sulfide) groups is 1. The monoisotopic (exact) mass is 402 g/mol. The number of amides is 1. The molecule has 140 valence electrons. The summed E-state index contributed by atoms with van der Waals surface area (Å²) in [5.41, 5.74) is 3.99. The van der Waals surface area contributed by atoms with Gasteiger partial charge in [0.15, 0.2) is 5.13 Å². The van der Waals surface area contributed by atoms with Crippen LogP contribution in [0.25, 0.3) is 11.3 Å². The van der Waals surface area contributed by atoms with Crippen LogP contribution in [0.15, 0.2) is 33.5 Å². The van der Waals surface area contributed by atoms with Crippen molar-refractivity contribution in [3.8, 4) is 11.3 Å². The van der Waals surface area contributed by atoms with E-state index in [0.29, 0.717) is 5.13 Å². The number of carbonyl (C=O) groups excluding carboxylic acids is 1. The molecule has 27 heavy (non-hydrogen) atoms. The number of carbonyl (C=O) groups is 1. The fraction of sp³-hybridized carbons (Fsp3) is 0.235. The van der Waals surface area contributed by atoms with Crippen molar-refractivity contribution in [2.75, 3.05) is 16.9 Å². The van der Waals surface area contributed by atoms with E-state index in [9.17, 15) is 9.59 Å². The predicted molar refractivity (Wildman–Crippen MR) is 108 cm³/mol. The Morgan fingerprint density at radius 1 is 1.26 bits per heavy atom. The first-order valence-corrected chi connectivity index (χ1v) is 9.89. The van der Waals surface area contributed by atoms with E-state index in [0.717, 1.165) is 27.7 Å². The summed E-state index contributed by atoms with van der Waals surface area (Å²) in [6.45, 7) is 5.63. The van der Waals surface area contributed by atoms with Crippen LogP contribution < -0.4 is 16.7 Å². The first-order chi connectivity index (χ1) is 12.8.